The van der Waals surface area contributed by atoms with Gasteiger partial charge >= 0.3 is 0 Å². The molecule has 3 aromatic rings. The van der Waals surface area contributed by atoms with Crippen molar-refractivity contribution in [3.8, 4) is 11.6 Å². The molecule has 1 aliphatic heterocycles. The number of pyridine rings is 1. The highest BCUT2D eigenvalue weighted by Crippen LogP contribution is 2.29. The number of hydrogen-bond acceptors (Lipinski definition) is 7. The molecule has 4 rings (SSSR count). The van der Waals surface area contributed by atoms with Gasteiger partial charge < -0.3 is 9.42 Å². The van der Waals surface area contributed by atoms with Gasteiger partial charge in [-0.2, -0.15) is 4.98 Å². The summed E-state index contributed by atoms with van der Waals surface area (Å²) >= 11 is 1.45. The van der Waals surface area contributed by atoms with Crippen LogP contribution in [0.1, 0.15) is 38.5 Å². The second kappa shape index (κ2) is 6.36. The maximum atomic E-state index is 12.7. The molecule has 1 unspecified atom stereocenters. The minimum Gasteiger partial charge on any atom is -0.337 e. The zero-order chi connectivity index (χ0) is 17.4. The number of aromatic nitrogens is 4. The number of carbonyl (C=O) groups is 1. The molecule has 0 saturated carbocycles. The summed E-state index contributed by atoms with van der Waals surface area (Å²) < 4.78 is 5.33. The van der Waals surface area contributed by atoms with Gasteiger partial charge in [-0.15, -0.1) is 11.3 Å². The predicted octanol–water partition coefficient (Wildman–Crippen LogP) is 2.83. The molecule has 128 valence electrons. The Labute approximate surface area is 148 Å². The Kier molecular flexibility index (Phi) is 4.04. The molecule has 0 bridgehead atoms. The monoisotopic (exact) mass is 355 g/mol. The number of hydrogen-bond donors (Lipinski definition) is 0. The second-order valence-electron chi connectivity index (χ2n) is 6.06. The van der Waals surface area contributed by atoms with E-state index in [0.717, 1.165) is 22.0 Å². The van der Waals surface area contributed by atoms with Gasteiger partial charge in [0.1, 0.15) is 10.6 Å². The van der Waals surface area contributed by atoms with Crippen molar-refractivity contribution in [3.05, 3.63) is 45.8 Å². The molecular weight excluding hydrogens is 338 g/mol. The lowest BCUT2D eigenvalue weighted by molar-refractivity contribution is 0.0794. The molecule has 0 radical (unpaired) electrons. The number of aryl methyl sites for hydroxylation is 2. The molecule has 1 amide bonds. The number of nitrogens with zero attached hydrogens (tertiary/aromatic N) is 5. The van der Waals surface area contributed by atoms with Crippen LogP contribution in [0.5, 0.6) is 0 Å². The van der Waals surface area contributed by atoms with Gasteiger partial charge in [0.05, 0.1) is 10.7 Å². The molecule has 1 atom stereocenters. The molecule has 0 aliphatic carbocycles. The molecule has 1 saturated heterocycles. The van der Waals surface area contributed by atoms with Crippen LogP contribution in [-0.2, 0) is 0 Å². The highest BCUT2D eigenvalue weighted by Gasteiger charge is 2.32. The van der Waals surface area contributed by atoms with Gasteiger partial charge in [-0.1, -0.05) is 11.2 Å². The fourth-order valence-corrected chi connectivity index (χ4v) is 3.91. The van der Waals surface area contributed by atoms with Gasteiger partial charge in [-0.25, -0.2) is 4.98 Å². The number of likely N-dealkylation sites (tertiary alicyclic amines) is 1. The highest BCUT2D eigenvalue weighted by atomic mass is 32.1. The molecule has 1 aliphatic rings. The quantitative estimate of drug-likeness (QED) is 0.718. The van der Waals surface area contributed by atoms with E-state index in [2.05, 4.69) is 20.1 Å². The molecular formula is C17H17N5O2S. The first kappa shape index (κ1) is 15.9. The average Bonchev–Trinajstić information content (AvgIpc) is 3.34. The lowest BCUT2D eigenvalue weighted by atomic mass is 10.1. The van der Waals surface area contributed by atoms with E-state index < -0.39 is 0 Å². The minimum absolute atomic E-state index is 0.0408. The predicted molar refractivity (Wildman–Crippen MR) is 92.4 cm³/mol. The first-order valence-electron chi connectivity index (χ1n) is 8.10. The fraction of sp³-hybridized carbons (Fsp3) is 0.353. The third-order valence-electron chi connectivity index (χ3n) is 4.26. The summed E-state index contributed by atoms with van der Waals surface area (Å²) in [7, 11) is 0. The van der Waals surface area contributed by atoms with Crippen LogP contribution in [0.15, 0.2) is 28.9 Å². The first-order valence-corrected chi connectivity index (χ1v) is 8.92. The summed E-state index contributed by atoms with van der Waals surface area (Å²) in [5.41, 5.74) is 1.45. The minimum atomic E-state index is 0.0408. The number of rotatable bonds is 3. The van der Waals surface area contributed by atoms with Crippen LogP contribution in [0.4, 0.5) is 0 Å². The Bertz CT molecular complexity index is 905. The van der Waals surface area contributed by atoms with Crippen LogP contribution in [0, 0.1) is 13.8 Å². The number of carbonyl (C=O) groups excluding carboxylic acids is 1. The maximum absolute atomic E-state index is 12.7. The molecule has 8 heteroatoms. The van der Waals surface area contributed by atoms with Crippen LogP contribution in [0.2, 0.25) is 0 Å². The third-order valence-corrected chi connectivity index (χ3v) is 5.32. The molecule has 3 aromatic heterocycles. The Balaban J connectivity index is 1.49. The summed E-state index contributed by atoms with van der Waals surface area (Å²) in [4.78, 5) is 28.3. The molecule has 1 fully saturated rings. The van der Waals surface area contributed by atoms with Crippen molar-refractivity contribution in [2.45, 2.75) is 26.2 Å². The summed E-state index contributed by atoms with van der Waals surface area (Å²) in [5, 5.41) is 5.00. The number of thiazole rings is 1. The van der Waals surface area contributed by atoms with E-state index in [1.165, 1.54) is 11.3 Å². The van der Waals surface area contributed by atoms with Gasteiger partial charge in [0.2, 0.25) is 0 Å². The van der Waals surface area contributed by atoms with Crippen molar-refractivity contribution in [2.75, 3.05) is 13.1 Å². The molecule has 25 heavy (non-hydrogen) atoms. The Morgan fingerprint density at radius 1 is 1.32 bits per heavy atom. The summed E-state index contributed by atoms with van der Waals surface area (Å²) in [6, 6.07) is 5.54. The Morgan fingerprint density at radius 2 is 2.20 bits per heavy atom. The van der Waals surface area contributed by atoms with Gasteiger partial charge in [-0.3, -0.25) is 9.78 Å². The van der Waals surface area contributed by atoms with Crippen molar-refractivity contribution in [1.82, 2.24) is 25.0 Å². The third kappa shape index (κ3) is 3.05. The van der Waals surface area contributed by atoms with E-state index in [1.807, 2.05) is 36.9 Å². The van der Waals surface area contributed by atoms with E-state index in [-0.39, 0.29) is 11.8 Å². The molecule has 0 spiro atoms. The van der Waals surface area contributed by atoms with E-state index in [9.17, 15) is 4.79 Å². The standard InChI is InChI=1S/C17H17N5O2S/c1-10-14(25-11(2)19-10)17(23)22-8-6-12(9-22)15-20-16(24-21-15)13-5-3-4-7-18-13/h3-5,7,12H,6,8-9H2,1-2H3. The van der Waals surface area contributed by atoms with Gasteiger partial charge in [-0.05, 0) is 32.4 Å². The van der Waals surface area contributed by atoms with Crippen LogP contribution in [0.25, 0.3) is 11.6 Å². The van der Waals surface area contributed by atoms with Crippen molar-refractivity contribution in [1.29, 1.82) is 0 Å². The van der Waals surface area contributed by atoms with E-state index in [1.54, 1.807) is 6.20 Å². The maximum Gasteiger partial charge on any atom is 0.276 e. The van der Waals surface area contributed by atoms with Gasteiger partial charge in [0.25, 0.3) is 11.8 Å². The van der Waals surface area contributed by atoms with E-state index in [4.69, 9.17) is 4.52 Å². The lowest BCUT2D eigenvalue weighted by Gasteiger charge is -2.14. The molecule has 0 aromatic carbocycles. The second-order valence-corrected chi connectivity index (χ2v) is 7.26. The Morgan fingerprint density at radius 3 is 2.92 bits per heavy atom. The van der Waals surface area contributed by atoms with Crippen LogP contribution in [0.3, 0.4) is 0 Å². The van der Waals surface area contributed by atoms with Crippen molar-refractivity contribution >= 4 is 17.2 Å². The largest absolute Gasteiger partial charge is 0.337 e. The van der Waals surface area contributed by atoms with E-state index in [0.29, 0.717) is 30.5 Å². The Hall–Kier alpha value is -2.61. The zero-order valence-electron chi connectivity index (χ0n) is 14.0. The molecule has 4 heterocycles. The van der Waals surface area contributed by atoms with E-state index >= 15 is 0 Å². The summed E-state index contributed by atoms with van der Waals surface area (Å²) in [5.74, 6) is 1.17. The van der Waals surface area contributed by atoms with Gasteiger partial charge in [0, 0.05) is 25.2 Å². The highest BCUT2D eigenvalue weighted by molar-refractivity contribution is 7.13. The summed E-state index contributed by atoms with van der Waals surface area (Å²) in [6.07, 6.45) is 2.51. The fourth-order valence-electron chi connectivity index (χ4n) is 3.02. The average molecular weight is 355 g/mol. The first-order chi connectivity index (χ1) is 12.1. The van der Waals surface area contributed by atoms with Crippen LogP contribution < -0.4 is 0 Å². The lowest BCUT2D eigenvalue weighted by Crippen LogP contribution is -2.28. The van der Waals surface area contributed by atoms with Crippen LogP contribution >= 0.6 is 11.3 Å². The summed E-state index contributed by atoms with van der Waals surface area (Å²) in [6.45, 7) is 5.08. The van der Waals surface area contributed by atoms with Crippen molar-refractivity contribution in [2.24, 2.45) is 0 Å². The SMILES string of the molecule is Cc1nc(C)c(C(=O)N2CCC(c3noc(-c4ccccn4)n3)C2)s1. The molecule has 7 nitrogen and oxygen atoms in total. The normalized spacial score (nSPS) is 17.2. The smallest absolute Gasteiger partial charge is 0.276 e. The van der Waals surface area contributed by atoms with Crippen molar-refractivity contribution in [3.63, 3.8) is 0 Å². The zero-order valence-corrected chi connectivity index (χ0v) is 14.8. The number of amides is 1. The van der Waals surface area contributed by atoms with Gasteiger partial charge in [0.15, 0.2) is 5.82 Å². The molecule has 0 N–H and O–H groups in total. The topological polar surface area (TPSA) is 85.0 Å². The van der Waals surface area contributed by atoms with Crippen molar-refractivity contribution < 1.29 is 9.32 Å². The van der Waals surface area contributed by atoms with Crippen LogP contribution in [-0.4, -0.2) is 44.0 Å².